The fraction of sp³-hybridized carbons (Fsp3) is 0.455. The molecule has 3 nitrogen and oxygen atoms in total. The fourth-order valence-electron chi connectivity index (χ4n) is 2.92. The van der Waals surface area contributed by atoms with Crippen LogP contribution in [0.4, 0.5) is 0 Å². The van der Waals surface area contributed by atoms with Gasteiger partial charge in [-0.05, 0) is 36.6 Å². The van der Waals surface area contributed by atoms with Gasteiger partial charge in [0.05, 0.1) is 0 Å². The van der Waals surface area contributed by atoms with Crippen LogP contribution in [0, 0.1) is 0 Å². The Morgan fingerprint density at radius 3 is 2.08 bits per heavy atom. The summed E-state index contributed by atoms with van der Waals surface area (Å²) in [7, 11) is -1.98. The van der Waals surface area contributed by atoms with Crippen molar-refractivity contribution in [3.63, 3.8) is 0 Å². The summed E-state index contributed by atoms with van der Waals surface area (Å²) in [5.41, 5.74) is 1.14. The molecular weight excluding hydrogens is 343 g/mol. The van der Waals surface area contributed by atoms with E-state index in [1.165, 1.54) is 44.9 Å². The maximum atomic E-state index is 10.1. The average Bonchev–Trinajstić information content (AvgIpc) is 2.66. The molecule has 0 aliphatic rings. The lowest BCUT2D eigenvalue weighted by Gasteiger charge is -2.15. The third-order valence-electron chi connectivity index (χ3n) is 4.38. The summed E-state index contributed by atoms with van der Waals surface area (Å²) >= 11 is 0. The molecule has 0 aromatic heterocycles. The summed E-state index contributed by atoms with van der Waals surface area (Å²) in [6, 6.07) is 17.2. The molecule has 0 fully saturated rings. The van der Waals surface area contributed by atoms with E-state index < -0.39 is 8.60 Å². The second-order valence-electron chi connectivity index (χ2n) is 6.57. The number of rotatable bonds is 13. The normalized spacial score (nSPS) is 11.9. The highest BCUT2D eigenvalue weighted by molar-refractivity contribution is 7.41. The van der Waals surface area contributed by atoms with E-state index in [1.54, 1.807) is 12.1 Å². The van der Waals surface area contributed by atoms with Crippen molar-refractivity contribution in [3.05, 3.63) is 60.2 Å². The van der Waals surface area contributed by atoms with Crippen LogP contribution in [0.25, 0.3) is 0 Å². The molecule has 0 aliphatic heterocycles. The van der Waals surface area contributed by atoms with E-state index in [0.717, 1.165) is 24.2 Å². The number of aryl methyl sites for hydroxylation is 1. The number of hydrogen-bond acceptors (Lipinski definition) is 3. The highest BCUT2D eigenvalue weighted by atomic mass is 31.2. The Hall–Kier alpha value is -1.57. The molecule has 2 rings (SSSR count). The van der Waals surface area contributed by atoms with E-state index in [4.69, 9.17) is 9.05 Å². The third-order valence-corrected chi connectivity index (χ3v) is 5.10. The number of para-hydroxylation sites is 2. The Bertz CT molecular complexity index is 603. The van der Waals surface area contributed by atoms with Gasteiger partial charge in [0.25, 0.3) is 0 Å². The lowest BCUT2D eigenvalue weighted by Crippen LogP contribution is -1.97. The van der Waals surface area contributed by atoms with Crippen molar-refractivity contribution in [2.75, 3.05) is 0 Å². The first-order chi connectivity index (χ1) is 12.8. The molecule has 1 atom stereocenters. The lowest BCUT2D eigenvalue weighted by atomic mass is 10.0. The van der Waals surface area contributed by atoms with Crippen LogP contribution in [0.3, 0.4) is 0 Å². The minimum Gasteiger partial charge on any atom is -0.418 e. The molecule has 0 amide bonds. The molecule has 0 spiro atoms. The van der Waals surface area contributed by atoms with E-state index in [1.807, 2.05) is 36.4 Å². The molecule has 0 saturated heterocycles. The standard InChI is InChI=1S/C22H31O3P/c1-2-3-4-5-6-7-8-10-15-20-16-13-14-19-22(20)25-26(23)24-21-17-11-9-12-18-21/h9,11-14,16-19,23H,2-8,10,15H2,1H3. The molecule has 142 valence electrons. The minimum atomic E-state index is -1.98. The lowest BCUT2D eigenvalue weighted by molar-refractivity contribution is 0.379. The Balaban J connectivity index is 1.73. The van der Waals surface area contributed by atoms with Crippen LogP contribution in [0.15, 0.2) is 54.6 Å². The quantitative estimate of drug-likeness (QED) is 0.302. The monoisotopic (exact) mass is 374 g/mol. The molecule has 26 heavy (non-hydrogen) atoms. The summed E-state index contributed by atoms with van der Waals surface area (Å²) in [5, 5.41) is 0. The van der Waals surface area contributed by atoms with E-state index in [-0.39, 0.29) is 0 Å². The van der Waals surface area contributed by atoms with Crippen LogP contribution in [-0.2, 0) is 6.42 Å². The predicted molar refractivity (Wildman–Crippen MR) is 110 cm³/mol. The Kier molecular flexibility index (Phi) is 10.2. The summed E-state index contributed by atoms with van der Waals surface area (Å²) in [5.74, 6) is 1.33. The molecule has 4 heteroatoms. The van der Waals surface area contributed by atoms with Crippen molar-refractivity contribution in [3.8, 4) is 11.5 Å². The van der Waals surface area contributed by atoms with E-state index in [9.17, 15) is 4.89 Å². The maximum absolute atomic E-state index is 10.1. The van der Waals surface area contributed by atoms with Gasteiger partial charge in [-0.2, -0.15) is 0 Å². The van der Waals surface area contributed by atoms with Crippen LogP contribution in [0.1, 0.15) is 63.9 Å². The molecule has 0 radical (unpaired) electrons. The highest BCUT2D eigenvalue weighted by Gasteiger charge is 2.13. The average molecular weight is 374 g/mol. The van der Waals surface area contributed by atoms with Gasteiger partial charge >= 0.3 is 8.60 Å². The first kappa shape index (κ1) is 20.7. The molecule has 0 heterocycles. The molecule has 0 bridgehead atoms. The van der Waals surface area contributed by atoms with Crippen molar-refractivity contribution < 1.29 is 13.9 Å². The highest BCUT2D eigenvalue weighted by Crippen LogP contribution is 2.38. The van der Waals surface area contributed by atoms with E-state index in [2.05, 4.69) is 13.0 Å². The van der Waals surface area contributed by atoms with Crippen molar-refractivity contribution in [1.29, 1.82) is 0 Å². The largest absolute Gasteiger partial charge is 0.460 e. The van der Waals surface area contributed by atoms with Crippen molar-refractivity contribution in [2.24, 2.45) is 0 Å². The molecule has 2 aromatic rings. The first-order valence-electron chi connectivity index (χ1n) is 9.77. The zero-order valence-electron chi connectivity index (χ0n) is 15.8. The van der Waals surface area contributed by atoms with Crippen molar-refractivity contribution >= 4 is 8.60 Å². The molecule has 1 N–H and O–H groups in total. The van der Waals surface area contributed by atoms with E-state index >= 15 is 0 Å². The third kappa shape index (κ3) is 8.21. The predicted octanol–water partition coefficient (Wildman–Crippen LogP) is 7.05. The Morgan fingerprint density at radius 2 is 1.35 bits per heavy atom. The van der Waals surface area contributed by atoms with Gasteiger partial charge < -0.3 is 13.9 Å². The van der Waals surface area contributed by atoms with Gasteiger partial charge in [-0.15, -0.1) is 0 Å². The Morgan fingerprint density at radius 1 is 0.731 bits per heavy atom. The summed E-state index contributed by atoms with van der Waals surface area (Å²) < 4.78 is 11.1. The van der Waals surface area contributed by atoms with Gasteiger partial charge in [0.1, 0.15) is 11.5 Å². The van der Waals surface area contributed by atoms with Gasteiger partial charge in [0, 0.05) is 0 Å². The molecular formula is C22H31O3P. The summed E-state index contributed by atoms with van der Waals surface area (Å²) in [6.07, 6.45) is 11.4. The van der Waals surface area contributed by atoms with Crippen LogP contribution in [-0.4, -0.2) is 4.89 Å². The smallest absolute Gasteiger partial charge is 0.418 e. The van der Waals surface area contributed by atoms with Crippen molar-refractivity contribution in [1.82, 2.24) is 0 Å². The van der Waals surface area contributed by atoms with Crippen LogP contribution >= 0.6 is 8.60 Å². The molecule has 2 aromatic carbocycles. The van der Waals surface area contributed by atoms with E-state index in [0.29, 0.717) is 5.75 Å². The van der Waals surface area contributed by atoms with Gasteiger partial charge in [-0.1, -0.05) is 88.3 Å². The van der Waals surface area contributed by atoms with Crippen LogP contribution in [0.5, 0.6) is 11.5 Å². The minimum absolute atomic E-state index is 0.613. The Labute approximate surface area is 159 Å². The fourth-order valence-corrected chi connectivity index (χ4v) is 3.61. The number of benzene rings is 2. The molecule has 0 saturated carbocycles. The van der Waals surface area contributed by atoms with Gasteiger partial charge in [0.2, 0.25) is 0 Å². The number of hydrogen-bond donors (Lipinski definition) is 1. The zero-order valence-corrected chi connectivity index (χ0v) is 16.7. The summed E-state index contributed by atoms with van der Waals surface area (Å²) in [4.78, 5) is 10.1. The summed E-state index contributed by atoms with van der Waals surface area (Å²) in [6.45, 7) is 2.25. The van der Waals surface area contributed by atoms with Gasteiger partial charge in [0.15, 0.2) is 0 Å². The van der Waals surface area contributed by atoms with Gasteiger partial charge in [-0.3, -0.25) is 0 Å². The number of unbranched alkanes of at least 4 members (excludes halogenated alkanes) is 7. The first-order valence-corrected chi connectivity index (χ1v) is 10.9. The SMILES string of the molecule is CCCCCCCCCCc1ccccc1OP(O)Oc1ccccc1. The maximum Gasteiger partial charge on any atom is 0.460 e. The molecule has 1 unspecified atom stereocenters. The topological polar surface area (TPSA) is 38.7 Å². The second kappa shape index (κ2) is 12.7. The van der Waals surface area contributed by atoms with Crippen LogP contribution < -0.4 is 9.05 Å². The van der Waals surface area contributed by atoms with Crippen molar-refractivity contribution in [2.45, 2.75) is 64.7 Å². The van der Waals surface area contributed by atoms with Crippen LogP contribution in [0.2, 0.25) is 0 Å². The zero-order chi connectivity index (χ0) is 18.5. The van der Waals surface area contributed by atoms with Gasteiger partial charge in [-0.25, -0.2) is 0 Å². The second-order valence-corrected chi connectivity index (χ2v) is 7.41. The molecule has 0 aliphatic carbocycles.